The van der Waals surface area contributed by atoms with Crippen molar-refractivity contribution in [2.45, 2.75) is 19.3 Å². The van der Waals surface area contributed by atoms with Crippen molar-refractivity contribution in [3.05, 3.63) is 0 Å². The lowest BCUT2D eigenvalue weighted by atomic mass is 9.98. The van der Waals surface area contributed by atoms with Crippen molar-refractivity contribution in [1.29, 1.82) is 0 Å². The third kappa shape index (κ3) is 3.98. The van der Waals surface area contributed by atoms with Crippen LogP contribution in [0.3, 0.4) is 0 Å². The van der Waals surface area contributed by atoms with Crippen molar-refractivity contribution in [3.63, 3.8) is 0 Å². The number of hydrogen-bond donors (Lipinski definition) is 0. The molecule has 0 bridgehead atoms. The highest BCUT2D eigenvalue weighted by Gasteiger charge is 2.30. The van der Waals surface area contributed by atoms with Crippen LogP contribution >= 0.6 is 0 Å². The van der Waals surface area contributed by atoms with Gasteiger partial charge in [0.25, 0.3) is 0 Å². The Morgan fingerprint density at radius 1 is 0.864 bits per heavy atom. The summed E-state index contributed by atoms with van der Waals surface area (Å²) >= 11 is 0. The van der Waals surface area contributed by atoms with Crippen LogP contribution in [-0.4, -0.2) is 98.3 Å². The average molecular weight is 310 g/mol. The van der Waals surface area contributed by atoms with Gasteiger partial charge >= 0.3 is 0 Å². The fraction of sp³-hybridized carbons (Fsp3) is 0.938. The molecule has 3 fully saturated rings. The number of likely N-dealkylation sites (N-methyl/N-ethyl adjacent to an activating group) is 1. The van der Waals surface area contributed by atoms with Gasteiger partial charge in [-0.1, -0.05) is 0 Å². The van der Waals surface area contributed by atoms with Crippen molar-refractivity contribution < 1.29 is 9.53 Å². The van der Waals surface area contributed by atoms with E-state index in [2.05, 4.69) is 26.9 Å². The van der Waals surface area contributed by atoms with E-state index in [4.69, 9.17) is 4.74 Å². The van der Waals surface area contributed by atoms with Gasteiger partial charge in [-0.25, -0.2) is 10.0 Å². The molecule has 3 aliphatic heterocycles. The number of piperazine rings is 1. The minimum Gasteiger partial charge on any atom is -0.381 e. The Labute approximate surface area is 133 Å². The Bertz CT molecular complexity index is 365. The third-order valence-electron chi connectivity index (χ3n) is 5.23. The molecule has 6 heteroatoms. The maximum Gasteiger partial charge on any atom is 0.225 e. The molecule has 3 aliphatic rings. The molecule has 3 saturated heterocycles. The number of ether oxygens (including phenoxy) is 1. The maximum atomic E-state index is 12.6. The van der Waals surface area contributed by atoms with Crippen LogP contribution in [0.2, 0.25) is 0 Å². The molecule has 126 valence electrons. The third-order valence-corrected chi connectivity index (χ3v) is 5.23. The van der Waals surface area contributed by atoms with Crippen molar-refractivity contribution in [2.24, 2.45) is 5.92 Å². The number of rotatable bonds is 2. The molecule has 0 saturated carbocycles. The highest BCUT2D eigenvalue weighted by molar-refractivity contribution is 5.79. The van der Waals surface area contributed by atoms with Gasteiger partial charge in [-0.3, -0.25) is 4.79 Å². The van der Waals surface area contributed by atoms with Crippen LogP contribution in [0, 0.1) is 5.92 Å². The highest BCUT2D eigenvalue weighted by atomic mass is 16.5. The molecule has 22 heavy (non-hydrogen) atoms. The van der Waals surface area contributed by atoms with Gasteiger partial charge in [-0.05, 0) is 32.9 Å². The number of amides is 1. The van der Waals surface area contributed by atoms with Crippen molar-refractivity contribution in [1.82, 2.24) is 19.8 Å². The summed E-state index contributed by atoms with van der Waals surface area (Å²) in [5, 5.41) is 4.96. The number of carbonyl (C=O) groups is 1. The summed E-state index contributed by atoms with van der Waals surface area (Å²) in [5.41, 5.74) is 0. The molecule has 3 rings (SSSR count). The van der Waals surface area contributed by atoms with Gasteiger partial charge in [0.05, 0.1) is 0 Å². The molecule has 0 spiro atoms. The van der Waals surface area contributed by atoms with Gasteiger partial charge in [-0.15, -0.1) is 0 Å². The van der Waals surface area contributed by atoms with E-state index in [1.165, 1.54) is 13.0 Å². The number of nitrogens with zero attached hydrogens (tertiary/aromatic N) is 4. The van der Waals surface area contributed by atoms with Crippen LogP contribution in [0.1, 0.15) is 19.3 Å². The molecular weight excluding hydrogens is 280 g/mol. The first-order valence-electron chi connectivity index (χ1n) is 8.79. The lowest BCUT2D eigenvalue weighted by Crippen LogP contribution is -2.56. The maximum absolute atomic E-state index is 12.6. The van der Waals surface area contributed by atoms with E-state index < -0.39 is 0 Å². The minimum absolute atomic E-state index is 0.201. The fourth-order valence-corrected chi connectivity index (χ4v) is 3.72. The molecule has 3 heterocycles. The zero-order valence-corrected chi connectivity index (χ0v) is 13.9. The Morgan fingerprint density at radius 2 is 1.50 bits per heavy atom. The smallest absolute Gasteiger partial charge is 0.225 e. The monoisotopic (exact) mass is 310 g/mol. The van der Waals surface area contributed by atoms with Gasteiger partial charge < -0.3 is 14.5 Å². The first-order chi connectivity index (χ1) is 10.7. The summed E-state index contributed by atoms with van der Waals surface area (Å²) in [6.07, 6.45) is 3.03. The standard InChI is InChI=1S/C16H30N4O2/c1-17-5-2-6-19(10-7-17)20-11-8-18(9-12-20)16(21)15-3-13-22-14-4-15/h15H,2-14H2,1H3. The first-order valence-corrected chi connectivity index (χ1v) is 8.79. The molecule has 6 nitrogen and oxygen atoms in total. The van der Waals surface area contributed by atoms with Gasteiger partial charge in [-0.2, -0.15) is 0 Å². The van der Waals surface area contributed by atoms with E-state index >= 15 is 0 Å². The van der Waals surface area contributed by atoms with E-state index in [0.717, 1.165) is 71.9 Å². The second-order valence-corrected chi connectivity index (χ2v) is 6.78. The van der Waals surface area contributed by atoms with E-state index in [1.54, 1.807) is 0 Å². The van der Waals surface area contributed by atoms with Gasteiger partial charge in [0.15, 0.2) is 0 Å². The summed E-state index contributed by atoms with van der Waals surface area (Å²) in [5.74, 6) is 0.561. The summed E-state index contributed by atoms with van der Waals surface area (Å²) in [6.45, 7) is 9.82. The molecule has 0 aromatic carbocycles. The number of hydrogen-bond acceptors (Lipinski definition) is 5. The van der Waals surface area contributed by atoms with Crippen LogP contribution in [0.4, 0.5) is 0 Å². The van der Waals surface area contributed by atoms with Crippen LogP contribution in [0.5, 0.6) is 0 Å². The lowest BCUT2D eigenvalue weighted by molar-refractivity contribution is -0.144. The summed E-state index contributed by atoms with van der Waals surface area (Å²) < 4.78 is 5.36. The van der Waals surface area contributed by atoms with Crippen molar-refractivity contribution in [3.8, 4) is 0 Å². The molecule has 1 amide bonds. The number of carbonyl (C=O) groups excluding carboxylic acids is 1. The molecule has 0 atom stereocenters. The second-order valence-electron chi connectivity index (χ2n) is 6.78. The Balaban J connectivity index is 1.46. The van der Waals surface area contributed by atoms with Gasteiger partial charge in [0, 0.05) is 64.9 Å². The van der Waals surface area contributed by atoms with Gasteiger partial charge in [0.1, 0.15) is 0 Å². The topological polar surface area (TPSA) is 39.3 Å². The molecular formula is C16H30N4O2. The van der Waals surface area contributed by atoms with Crippen molar-refractivity contribution in [2.75, 3.05) is 72.6 Å². The van der Waals surface area contributed by atoms with Crippen LogP contribution in [-0.2, 0) is 9.53 Å². The molecule has 0 aromatic rings. The first kappa shape index (κ1) is 16.2. The zero-order valence-electron chi connectivity index (χ0n) is 13.9. The number of hydrazine groups is 1. The highest BCUT2D eigenvalue weighted by Crippen LogP contribution is 2.19. The molecule has 0 N–H and O–H groups in total. The molecule has 0 aromatic heterocycles. The van der Waals surface area contributed by atoms with E-state index in [1.807, 2.05) is 0 Å². The summed E-state index contributed by atoms with van der Waals surface area (Å²) in [4.78, 5) is 17.1. The predicted octanol–water partition coefficient (Wildman–Crippen LogP) is 0.110. The largest absolute Gasteiger partial charge is 0.381 e. The van der Waals surface area contributed by atoms with E-state index in [0.29, 0.717) is 5.91 Å². The lowest BCUT2D eigenvalue weighted by Gasteiger charge is -2.42. The van der Waals surface area contributed by atoms with Gasteiger partial charge in [0.2, 0.25) is 5.91 Å². The Morgan fingerprint density at radius 3 is 2.23 bits per heavy atom. The van der Waals surface area contributed by atoms with Crippen LogP contribution in [0.25, 0.3) is 0 Å². The normalized spacial score (nSPS) is 27.8. The molecule has 0 aliphatic carbocycles. The Kier molecular flexibility index (Phi) is 5.68. The van der Waals surface area contributed by atoms with E-state index in [9.17, 15) is 4.79 Å². The molecule has 0 unspecified atom stereocenters. The summed E-state index contributed by atoms with van der Waals surface area (Å²) in [7, 11) is 2.20. The second kappa shape index (κ2) is 7.73. The van der Waals surface area contributed by atoms with Crippen LogP contribution in [0.15, 0.2) is 0 Å². The zero-order chi connectivity index (χ0) is 15.4. The average Bonchev–Trinajstić information content (AvgIpc) is 2.80. The van der Waals surface area contributed by atoms with E-state index in [-0.39, 0.29) is 5.92 Å². The Hall–Kier alpha value is -0.690. The SMILES string of the molecule is CN1CCCN(N2CCN(C(=O)C3CCOCC3)CC2)CC1. The van der Waals surface area contributed by atoms with Crippen LogP contribution < -0.4 is 0 Å². The quantitative estimate of drug-likeness (QED) is 0.724. The fourth-order valence-electron chi connectivity index (χ4n) is 3.72. The summed E-state index contributed by atoms with van der Waals surface area (Å²) in [6, 6.07) is 0. The minimum atomic E-state index is 0.201. The predicted molar refractivity (Wildman–Crippen MR) is 85.4 cm³/mol. The molecule has 0 radical (unpaired) electrons. The van der Waals surface area contributed by atoms with Crippen molar-refractivity contribution >= 4 is 5.91 Å².